The van der Waals surface area contributed by atoms with Crippen LogP contribution in [0.1, 0.15) is 41.7 Å². The Morgan fingerprint density at radius 1 is 1.26 bits per heavy atom. The number of carbonyl (C=O) groups is 1. The highest BCUT2D eigenvalue weighted by Gasteiger charge is 2.23. The van der Waals surface area contributed by atoms with Crippen molar-refractivity contribution in [2.24, 2.45) is 0 Å². The summed E-state index contributed by atoms with van der Waals surface area (Å²) >= 11 is 0. The molecule has 1 aromatic carbocycles. The molecule has 3 rings (SSSR count). The van der Waals surface area contributed by atoms with E-state index in [1.807, 2.05) is 7.05 Å². The van der Waals surface area contributed by atoms with Crippen LogP contribution in [0.4, 0.5) is 4.39 Å². The van der Waals surface area contributed by atoms with Gasteiger partial charge in [0.15, 0.2) is 5.69 Å². The van der Waals surface area contributed by atoms with Crippen LogP contribution in [0.25, 0.3) is 0 Å². The molecule has 1 fully saturated rings. The van der Waals surface area contributed by atoms with Crippen LogP contribution in [-0.2, 0) is 13.1 Å². The second-order valence-electron chi connectivity index (χ2n) is 7.83. The molecule has 0 radical (unpaired) electrons. The number of halogens is 1. The van der Waals surface area contributed by atoms with Gasteiger partial charge in [-0.05, 0) is 37.6 Å². The van der Waals surface area contributed by atoms with Gasteiger partial charge in [0.05, 0.1) is 6.33 Å². The third-order valence-corrected chi connectivity index (χ3v) is 5.71. The van der Waals surface area contributed by atoms with E-state index in [4.69, 9.17) is 0 Å². The van der Waals surface area contributed by atoms with E-state index < -0.39 is 17.2 Å². The predicted octanol–water partition coefficient (Wildman–Crippen LogP) is 1.48. The quantitative estimate of drug-likeness (QED) is 0.527. The van der Waals surface area contributed by atoms with E-state index in [9.17, 15) is 19.1 Å². The number of benzene rings is 1. The van der Waals surface area contributed by atoms with Crippen LogP contribution in [0.2, 0.25) is 0 Å². The number of aromatic nitrogens is 2. The van der Waals surface area contributed by atoms with E-state index in [-0.39, 0.29) is 18.1 Å². The monoisotopic (exact) mass is 431 g/mol. The van der Waals surface area contributed by atoms with Gasteiger partial charge in [-0.25, -0.2) is 9.37 Å². The Morgan fingerprint density at radius 3 is 2.65 bits per heavy atom. The van der Waals surface area contributed by atoms with E-state index >= 15 is 0 Å². The number of nitrogens with zero attached hydrogens (tertiary/aromatic N) is 3. The largest absolute Gasteiger partial charge is 0.501 e. The minimum absolute atomic E-state index is 0.130. The summed E-state index contributed by atoms with van der Waals surface area (Å²) in [5, 5.41) is 16.0. The maximum Gasteiger partial charge on any atom is 0.296 e. The second-order valence-corrected chi connectivity index (χ2v) is 7.83. The normalized spacial score (nSPS) is 14.3. The predicted molar refractivity (Wildman–Crippen MR) is 115 cm³/mol. The van der Waals surface area contributed by atoms with Crippen molar-refractivity contribution in [2.45, 2.75) is 44.8 Å². The smallest absolute Gasteiger partial charge is 0.296 e. The van der Waals surface area contributed by atoms with E-state index in [0.717, 1.165) is 25.9 Å². The Bertz CT molecular complexity index is 926. The molecule has 0 bridgehead atoms. The maximum atomic E-state index is 13.0. The van der Waals surface area contributed by atoms with Gasteiger partial charge in [-0.1, -0.05) is 25.0 Å². The molecule has 9 heteroatoms. The number of rotatable bonds is 10. The van der Waals surface area contributed by atoms with Crippen molar-refractivity contribution in [1.82, 2.24) is 25.1 Å². The first-order valence-corrected chi connectivity index (χ1v) is 10.7. The topological polar surface area (TPSA) is 99.5 Å². The second kappa shape index (κ2) is 11.0. The standard InChI is InChI=1S/C22H30FN5O3/c1-24-10-11-27(18-4-2-3-5-18)12-13-28-15-26-19(20(29)22(28)31)21(30)25-14-16-6-8-17(23)9-7-16/h6-9,15,18,24,29H,2-5,10-14H2,1H3,(H,25,30). The summed E-state index contributed by atoms with van der Waals surface area (Å²) < 4.78 is 14.3. The van der Waals surface area contributed by atoms with Crippen LogP contribution in [0.5, 0.6) is 5.75 Å². The van der Waals surface area contributed by atoms with Gasteiger partial charge >= 0.3 is 0 Å². The molecular weight excluding hydrogens is 401 g/mol. The molecule has 0 saturated heterocycles. The van der Waals surface area contributed by atoms with Crippen molar-refractivity contribution in [2.75, 3.05) is 26.7 Å². The van der Waals surface area contributed by atoms with Crippen LogP contribution in [0.3, 0.4) is 0 Å². The van der Waals surface area contributed by atoms with Gasteiger partial charge in [-0.15, -0.1) is 0 Å². The minimum atomic E-state index is -0.665. The van der Waals surface area contributed by atoms with Crippen molar-refractivity contribution in [3.8, 4) is 5.75 Å². The zero-order valence-electron chi connectivity index (χ0n) is 17.8. The molecule has 1 aliphatic carbocycles. The first kappa shape index (κ1) is 22.9. The van der Waals surface area contributed by atoms with E-state index in [2.05, 4.69) is 20.5 Å². The van der Waals surface area contributed by atoms with Crippen molar-refractivity contribution in [3.05, 3.63) is 58.0 Å². The lowest BCUT2D eigenvalue weighted by Crippen LogP contribution is -2.41. The summed E-state index contributed by atoms with van der Waals surface area (Å²) in [7, 11) is 1.92. The Labute approximate surface area is 181 Å². The maximum absolute atomic E-state index is 13.0. The number of hydrogen-bond acceptors (Lipinski definition) is 6. The highest BCUT2D eigenvalue weighted by molar-refractivity contribution is 5.94. The summed E-state index contributed by atoms with van der Waals surface area (Å²) in [5.74, 6) is -1.69. The third kappa shape index (κ3) is 6.11. The molecule has 3 N–H and O–H groups in total. The van der Waals surface area contributed by atoms with E-state index in [0.29, 0.717) is 24.7 Å². The number of hydrogen-bond donors (Lipinski definition) is 3. The number of likely N-dealkylation sites (N-methyl/N-ethyl adjacent to an activating group) is 1. The SMILES string of the molecule is CNCCN(CCn1cnc(C(=O)NCc2ccc(F)cc2)c(O)c1=O)C1CCCC1. The average molecular weight is 432 g/mol. The summed E-state index contributed by atoms with van der Waals surface area (Å²) in [6.07, 6.45) is 6.08. The van der Waals surface area contributed by atoms with Crippen molar-refractivity contribution >= 4 is 5.91 Å². The minimum Gasteiger partial charge on any atom is -0.501 e. The molecule has 8 nitrogen and oxygen atoms in total. The highest BCUT2D eigenvalue weighted by atomic mass is 19.1. The lowest BCUT2D eigenvalue weighted by Gasteiger charge is -2.29. The molecule has 0 unspecified atom stereocenters. The fourth-order valence-electron chi connectivity index (χ4n) is 3.91. The lowest BCUT2D eigenvalue weighted by molar-refractivity contribution is 0.0942. The number of amides is 1. The third-order valence-electron chi connectivity index (χ3n) is 5.71. The summed E-state index contributed by atoms with van der Waals surface area (Å²) in [6, 6.07) is 6.20. The molecule has 0 aliphatic heterocycles. The van der Waals surface area contributed by atoms with Crippen molar-refractivity contribution in [3.63, 3.8) is 0 Å². The Hall–Kier alpha value is -2.78. The number of carbonyl (C=O) groups excluding carboxylic acids is 1. The Morgan fingerprint density at radius 2 is 1.97 bits per heavy atom. The van der Waals surface area contributed by atoms with Crippen LogP contribution < -0.4 is 16.2 Å². The van der Waals surface area contributed by atoms with Crippen molar-refractivity contribution < 1.29 is 14.3 Å². The highest BCUT2D eigenvalue weighted by Crippen LogP contribution is 2.23. The van der Waals surface area contributed by atoms with Gasteiger partial charge in [0, 0.05) is 38.8 Å². The molecule has 1 aromatic heterocycles. The molecule has 1 heterocycles. The van der Waals surface area contributed by atoms with Crippen molar-refractivity contribution in [1.29, 1.82) is 0 Å². The molecule has 1 aliphatic rings. The molecule has 0 spiro atoms. The van der Waals surface area contributed by atoms with Gasteiger partial charge in [0.25, 0.3) is 11.5 Å². The zero-order chi connectivity index (χ0) is 22.2. The zero-order valence-corrected chi connectivity index (χ0v) is 17.8. The van der Waals surface area contributed by atoms with Gasteiger partial charge in [0.2, 0.25) is 5.75 Å². The van der Waals surface area contributed by atoms with Crippen LogP contribution in [0.15, 0.2) is 35.4 Å². The molecule has 31 heavy (non-hydrogen) atoms. The molecule has 2 aromatic rings. The molecule has 0 atom stereocenters. The molecule has 1 saturated carbocycles. The van der Waals surface area contributed by atoms with E-state index in [1.54, 1.807) is 12.1 Å². The fourth-order valence-corrected chi connectivity index (χ4v) is 3.91. The Balaban J connectivity index is 1.62. The van der Waals surface area contributed by atoms with Gasteiger partial charge in [0.1, 0.15) is 5.82 Å². The van der Waals surface area contributed by atoms with Gasteiger partial charge < -0.3 is 15.7 Å². The van der Waals surface area contributed by atoms with Crippen LogP contribution >= 0.6 is 0 Å². The molecular formula is C22H30FN5O3. The number of aromatic hydroxyl groups is 1. The number of nitrogens with one attached hydrogen (secondary N) is 2. The first-order chi connectivity index (χ1) is 15.0. The average Bonchev–Trinajstić information content (AvgIpc) is 3.30. The van der Waals surface area contributed by atoms with Gasteiger partial charge in [-0.2, -0.15) is 0 Å². The lowest BCUT2D eigenvalue weighted by atomic mass is 10.2. The first-order valence-electron chi connectivity index (χ1n) is 10.7. The van der Waals surface area contributed by atoms with Crippen LogP contribution in [0, 0.1) is 5.82 Å². The van der Waals surface area contributed by atoms with Crippen LogP contribution in [-0.4, -0.2) is 58.2 Å². The van der Waals surface area contributed by atoms with Gasteiger partial charge in [-0.3, -0.25) is 19.1 Å². The fraction of sp³-hybridized carbons (Fsp3) is 0.500. The summed E-state index contributed by atoms with van der Waals surface area (Å²) in [4.78, 5) is 31.3. The Kier molecular flexibility index (Phi) is 8.13. The van der Waals surface area contributed by atoms with E-state index in [1.165, 1.54) is 35.9 Å². The molecule has 1 amide bonds. The summed E-state index contributed by atoms with van der Waals surface area (Å²) in [5.41, 5.74) is -0.260. The molecule has 168 valence electrons. The summed E-state index contributed by atoms with van der Waals surface area (Å²) in [6.45, 7) is 2.94.